The van der Waals surface area contributed by atoms with Gasteiger partial charge < -0.3 is 0 Å². The van der Waals surface area contributed by atoms with Crippen LogP contribution in [0.3, 0.4) is 0 Å². The van der Waals surface area contributed by atoms with Crippen molar-refractivity contribution in [2.75, 3.05) is 12.4 Å². The van der Waals surface area contributed by atoms with Gasteiger partial charge in [0.05, 0.1) is 11.4 Å². The number of hydrogen-bond donors (Lipinski definition) is 1. The highest BCUT2D eigenvalue weighted by molar-refractivity contribution is 8.12. The van der Waals surface area contributed by atoms with Gasteiger partial charge in [-0.25, -0.2) is 0 Å². The average molecular weight is 162 g/mol. The molecule has 0 unspecified atom stereocenters. The first-order valence-electron chi connectivity index (χ1n) is 2.40. The number of thiol groups is 1. The molecule has 0 fully saturated rings. The summed E-state index contributed by atoms with van der Waals surface area (Å²) >= 11 is 5.18. The highest BCUT2D eigenvalue weighted by Gasteiger charge is 2.07. The maximum Gasteiger partial charge on any atom is 0.206 e. The number of carbonyl (C=O) groups excluding carboxylic acids is 1. The molecule has 9 heavy (non-hydrogen) atoms. The van der Waals surface area contributed by atoms with Crippen LogP contribution in [-0.4, -0.2) is 28.1 Å². The van der Waals surface area contributed by atoms with Crippen molar-refractivity contribution in [3.63, 3.8) is 0 Å². The van der Waals surface area contributed by atoms with E-state index in [2.05, 4.69) is 17.7 Å². The molecule has 0 aliphatic carbocycles. The van der Waals surface area contributed by atoms with Gasteiger partial charge in [0, 0.05) is 0 Å². The summed E-state index contributed by atoms with van der Waals surface area (Å²) in [6.45, 7) is 0.312. The summed E-state index contributed by atoms with van der Waals surface area (Å²) < 4.78 is 0. The SMILES string of the molecule is O=C(S)CN1CSC=N1. The van der Waals surface area contributed by atoms with E-state index in [0.717, 1.165) is 5.88 Å². The molecule has 5 heteroatoms. The molecule has 0 bridgehead atoms. The molecule has 0 spiro atoms. The lowest BCUT2D eigenvalue weighted by molar-refractivity contribution is -0.111. The number of carbonyl (C=O) groups is 1. The third kappa shape index (κ3) is 2.28. The Morgan fingerprint density at radius 1 is 2.00 bits per heavy atom. The predicted octanol–water partition coefficient (Wildman–Crippen LogP) is 0.392. The molecule has 1 heterocycles. The molecule has 0 aromatic carbocycles. The van der Waals surface area contributed by atoms with Gasteiger partial charge in [0.1, 0.15) is 6.54 Å². The quantitative estimate of drug-likeness (QED) is 0.596. The normalized spacial score (nSPS) is 16.8. The Hall–Kier alpha value is -0.160. The lowest BCUT2D eigenvalue weighted by atomic mass is 10.7. The molecular formula is C4H6N2OS2. The molecule has 1 rings (SSSR count). The maximum absolute atomic E-state index is 10.3. The van der Waals surface area contributed by atoms with Gasteiger partial charge in [-0.05, 0) is 0 Å². The summed E-state index contributed by atoms with van der Waals surface area (Å²) in [5, 5.41) is 5.40. The molecule has 1 aliphatic rings. The van der Waals surface area contributed by atoms with Gasteiger partial charge in [0.15, 0.2) is 0 Å². The van der Waals surface area contributed by atoms with Crippen molar-refractivity contribution in [1.29, 1.82) is 0 Å². The Bertz CT molecular complexity index is 148. The van der Waals surface area contributed by atoms with Crippen LogP contribution in [0.25, 0.3) is 0 Å². The third-order valence-electron chi connectivity index (χ3n) is 0.826. The van der Waals surface area contributed by atoms with E-state index in [0.29, 0.717) is 6.54 Å². The van der Waals surface area contributed by atoms with E-state index in [1.165, 1.54) is 0 Å². The van der Waals surface area contributed by atoms with Crippen LogP contribution in [0, 0.1) is 0 Å². The fourth-order valence-corrected chi connectivity index (χ4v) is 1.26. The average Bonchev–Trinajstić information content (AvgIpc) is 2.15. The van der Waals surface area contributed by atoms with Crippen molar-refractivity contribution < 1.29 is 4.79 Å². The molecule has 0 amide bonds. The zero-order chi connectivity index (χ0) is 6.69. The van der Waals surface area contributed by atoms with Gasteiger partial charge in [-0.1, -0.05) is 11.8 Å². The fourth-order valence-electron chi connectivity index (χ4n) is 0.495. The first-order valence-corrected chi connectivity index (χ1v) is 3.89. The largest absolute Gasteiger partial charge is 0.285 e. The molecule has 1 aliphatic heterocycles. The second-order valence-corrected chi connectivity index (χ2v) is 2.88. The molecule has 0 saturated carbocycles. The summed E-state index contributed by atoms with van der Waals surface area (Å²) in [7, 11) is 0. The van der Waals surface area contributed by atoms with Gasteiger partial charge in [0.2, 0.25) is 5.12 Å². The highest BCUT2D eigenvalue weighted by Crippen LogP contribution is 2.08. The third-order valence-corrected chi connectivity index (χ3v) is 1.66. The van der Waals surface area contributed by atoms with Crippen molar-refractivity contribution in [3.05, 3.63) is 0 Å². The van der Waals surface area contributed by atoms with E-state index in [4.69, 9.17) is 0 Å². The Kier molecular flexibility index (Phi) is 2.41. The topological polar surface area (TPSA) is 32.7 Å². The lowest BCUT2D eigenvalue weighted by Crippen LogP contribution is -2.18. The lowest BCUT2D eigenvalue weighted by Gasteiger charge is -2.07. The minimum absolute atomic E-state index is 0.144. The van der Waals surface area contributed by atoms with E-state index < -0.39 is 0 Å². The van der Waals surface area contributed by atoms with E-state index in [-0.39, 0.29) is 5.12 Å². The van der Waals surface area contributed by atoms with Crippen LogP contribution in [0.15, 0.2) is 5.10 Å². The van der Waals surface area contributed by atoms with Gasteiger partial charge in [-0.15, -0.1) is 12.6 Å². The number of hydrogen-bond acceptors (Lipinski definition) is 4. The minimum atomic E-state index is -0.144. The fraction of sp³-hybridized carbons (Fsp3) is 0.500. The highest BCUT2D eigenvalue weighted by atomic mass is 32.2. The van der Waals surface area contributed by atoms with Crippen LogP contribution >= 0.6 is 24.4 Å². The molecule has 0 radical (unpaired) electrons. The van der Waals surface area contributed by atoms with Crippen molar-refractivity contribution in [1.82, 2.24) is 5.01 Å². The number of hydrazone groups is 1. The molecular weight excluding hydrogens is 156 g/mol. The number of thioether (sulfide) groups is 1. The van der Waals surface area contributed by atoms with Crippen LogP contribution in [0.5, 0.6) is 0 Å². The van der Waals surface area contributed by atoms with E-state index in [9.17, 15) is 4.79 Å². The zero-order valence-electron chi connectivity index (χ0n) is 4.65. The Balaban J connectivity index is 2.28. The second-order valence-electron chi connectivity index (χ2n) is 1.57. The monoisotopic (exact) mass is 162 g/mol. The summed E-state index contributed by atoms with van der Waals surface area (Å²) in [4.78, 5) is 10.3. The summed E-state index contributed by atoms with van der Waals surface area (Å²) in [6, 6.07) is 0. The predicted molar refractivity (Wildman–Crippen MR) is 41.6 cm³/mol. The maximum atomic E-state index is 10.3. The first-order chi connectivity index (χ1) is 4.29. The van der Waals surface area contributed by atoms with E-state index >= 15 is 0 Å². The molecule has 50 valence electrons. The van der Waals surface area contributed by atoms with Gasteiger partial charge in [0.25, 0.3) is 0 Å². The summed E-state index contributed by atoms with van der Waals surface area (Å²) in [5.74, 6) is 0.770. The first kappa shape index (κ1) is 6.95. The van der Waals surface area contributed by atoms with Crippen LogP contribution in [0.1, 0.15) is 0 Å². The summed E-state index contributed by atoms with van der Waals surface area (Å²) in [5.41, 5.74) is 1.72. The molecule has 3 nitrogen and oxygen atoms in total. The van der Waals surface area contributed by atoms with Gasteiger partial charge in [-0.2, -0.15) is 5.10 Å². The molecule has 0 aromatic rings. The smallest absolute Gasteiger partial charge is 0.206 e. The van der Waals surface area contributed by atoms with Crippen molar-refractivity contribution in [2.24, 2.45) is 5.10 Å². The van der Waals surface area contributed by atoms with Crippen molar-refractivity contribution in [3.8, 4) is 0 Å². The van der Waals surface area contributed by atoms with Gasteiger partial charge >= 0.3 is 0 Å². The van der Waals surface area contributed by atoms with E-state index in [1.807, 2.05) is 0 Å². The van der Waals surface area contributed by atoms with Crippen molar-refractivity contribution >= 4 is 35.1 Å². The van der Waals surface area contributed by atoms with Crippen LogP contribution in [0.4, 0.5) is 0 Å². The van der Waals surface area contributed by atoms with E-state index in [1.54, 1.807) is 22.3 Å². The Morgan fingerprint density at radius 3 is 3.22 bits per heavy atom. The van der Waals surface area contributed by atoms with Crippen LogP contribution < -0.4 is 0 Å². The Labute approximate surface area is 62.9 Å². The zero-order valence-corrected chi connectivity index (χ0v) is 6.36. The van der Waals surface area contributed by atoms with Gasteiger partial charge in [-0.3, -0.25) is 9.80 Å². The standard InChI is InChI=1S/C4H6N2OS2/c7-4(8)1-6-3-9-2-5-6/h2H,1,3H2,(H,7,8). The minimum Gasteiger partial charge on any atom is -0.285 e. The van der Waals surface area contributed by atoms with Crippen molar-refractivity contribution in [2.45, 2.75) is 0 Å². The molecule has 0 saturated heterocycles. The number of rotatable bonds is 2. The second kappa shape index (κ2) is 3.12. The Morgan fingerprint density at radius 2 is 2.78 bits per heavy atom. The molecule has 0 atom stereocenters. The summed E-state index contributed by atoms with van der Waals surface area (Å²) in [6.07, 6.45) is 0. The molecule has 0 N–H and O–H groups in total. The number of nitrogens with zero attached hydrogens (tertiary/aromatic N) is 2. The molecule has 0 aromatic heterocycles. The van der Waals surface area contributed by atoms with Crippen LogP contribution in [0.2, 0.25) is 0 Å². The van der Waals surface area contributed by atoms with Crippen LogP contribution in [-0.2, 0) is 4.79 Å².